The quantitative estimate of drug-likeness (QED) is 0.481. The number of hydrogen-bond acceptors (Lipinski definition) is 4. The number of carbonyl (C=O) groups excluding carboxylic acids is 2. The zero-order chi connectivity index (χ0) is 22.8. The van der Waals surface area contributed by atoms with Gasteiger partial charge in [-0.2, -0.15) is 0 Å². The number of methoxy groups -OCH3 is 1. The van der Waals surface area contributed by atoms with E-state index in [1.54, 1.807) is 55.6 Å². The molecule has 0 saturated carbocycles. The molecule has 1 heterocycles. The number of rotatable bonds is 6. The molecule has 1 aliphatic heterocycles. The highest BCUT2D eigenvalue weighted by molar-refractivity contribution is 6.46. The van der Waals surface area contributed by atoms with Gasteiger partial charge in [0, 0.05) is 10.7 Å². The van der Waals surface area contributed by atoms with Crippen LogP contribution in [0.2, 0.25) is 5.02 Å². The van der Waals surface area contributed by atoms with E-state index in [2.05, 4.69) is 19.2 Å². The second-order valence-electron chi connectivity index (χ2n) is 7.80. The largest absolute Gasteiger partial charge is 0.497 e. The van der Waals surface area contributed by atoms with Gasteiger partial charge in [-0.1, -0.05) is 49.7 Å². The van der Waals surface area contributed by atoms with Crippen LogP contribution in [0.3, 0.4) is 0 Å². The highest BCUT2D eigenvalue weighted by atomic mass is 35.5. The Balaban J connectivity index is 1.76. The number of nitrogens with zero attached hydrogens (tertiary/aromatic N) is 1. The molecule has 5 nitrogen and oxygen atoms in total. The molecule has 4 rings (SSSR count). The van der Waals surface area contributed by atoms with Gasteiger partial charge >= 0.3 is 0 Å². The standard InChI is InChI=1S/C26H23ClN2O3/c1-16(2)17-6-10-20(11-7-17)28-24-23(18-4-8-19(27)9-5-18)25(30)29(26(24)31)21-12-14-22(32-3)15-13-21/h4-16,28H,1-3H3. The summed E-state index contributed by atoms with van der Waals surface area (Å²) in [6.45, 7) is 4.24. The number of carbonyl (C=O) groups is 2. The van der Waals surface area contributed by atoms with Gasteiger partial charge in [-0.25, -0.2) is 4.90 Å². The Labute approximate surface area is 192 Å². The summed E-state index contributed by atoms with van der Waals surface area (Å²) in [6.07, 6.45) is 0. The smallest absolute Gasteiger partial charge is 0.282 e. The fraction of sp³-hybridized carbons (Fsp3) is 0.154. The monoisotopic (exact) mass is 446 g/mol. The summed E-state index contributed by atoms with van der Waals surface area (Å²) < 4.78 is 5.19. The lowest BCUT2D eigenvalue weighted by Crippen LogP contribution is -2.32. The first kappa shape index (κ1) is 21.7. The number of halogens is 1. The van der Waals surface area contributed by atoms with E-state index in [1.165, 1.54) is 10.5 Å². The molecule has 1 N–H and O–H groups in total. The van der Waals surface area contributed by atoms with E-state index in [0.717, 1.165) is 5.69 Å². The third kappa shape index (κ3) is 4.12. The zero-order valence-corrected chi connectivity index (χ0v) is 18.8. The van der Waals surface area contributed by atoms with Crippen molar-refractivity contribution in [1.29, 1.82) is 0 Å². The van der Waals surface area contributed by atoms with Gasteiger partial charge in [0.1, 0.15) is 11.4 Å². The molecular weight excluding hydrogens is 424 g/mol. The van der Waals surface area contributed by atoms with Crippen molar-refractivity contribution in [3.63, 3.8) is 0 Å². The summed E-state index contributed by atoms with van der Waals surface area (Å²) in [6, 6.07) is 21.5. The first-order valence-electron chi connectivity index (χ1n) is 10.3. The van der Waals surface area contributed by atoms with Crippen molar-refractivity contribution in [3.8, 4) is 5.75 Å². The zero-order valence-electron chi connectivity index (χ0n) is 18.1. The summed E-state index contributed by atoms with van der Waals surface area (Å²) in [5.74, 6) is 0.220. The molecule has 0 bridgehead atoms. The molecule has 0 atom stereocenters. The summed E-state index contributed by atoms with van der Waals surface area (Å²) >= 11 is 6.04. The van der Waals surface area contributed by atoms with E-state index in [9.17, 15) is 9.59 Å². The Bertz CT molecular complexity index is 1180. The second kappa shape index (κ2) is 8.89. The molecule has 2 amide bonds. The number of benzene rings is 3. The van der Waals surface area contributed by atoms with E-state index in [-0.39, 0.29) is 5.70 Å². The molecule has 0 radical (unpaired) electrons. The molecule has 1 aliphatic rings. The van der Waals surface area contributed by atoms with Crippen molar-refractivity contribution < 1.29 is 14.3 Å². The molecule has 3 aromatic rings. The van der Waals surface area contributed by atoms with Gasteiger partial charge in [0.2, 0.25) is 0 Å². The number of ether oxygens (including phenoxy) is 1. The molecule has 3 aromatic carbocycles. The fourth-order valence-electron chi connectivity index (χ4n) is 3.59. The van der Waals surface area contributed by atoms with E-state index in [4.69, 9.17) is 16.3 Å². The predicted octanol–water partition coefficient (Wildman–Crippen LogP) is 5.87. The van der Waals surface area contributed by atoms with Gasteiger partial charge in [-0.3, -0.25) is 9.59 Å². The minimum absolute atomic E-state index is 0.227. The second-order valence-corrected chi connectivity index (χ2v) is 8.24. The molecule has 0 aliphatic carbocycles. The maximum absolute atomic E-state index is 13.4. The molecule has 0 saturated heterocycles. The number of nitrogens with one attached hydrogen (secondary N) is 1. The summed E-state index contributed by atoms with van der Waals surface area (Å²) in [5, 5.41) is 3.74. The Kier molecular flexibility index (Phi) is 6.01. The van der Waals surface area contributed by atoms with E-state index in [1.807, 2.05) is 24.3 Å². The first-order chi connectivity index (χ1) is 15.4. The van der Waals surface area contributed by atoms with Gasteiger partial charge in [0.05, 0.1) is 18.4 Å². The lowest BCUT2D eigenvalue weighted by molar-refractivity contribution is -0.120. The Morgan fingerprint density at radius 1 is 0.844 bits per heavy atom. The highest BCUT2D eigenvalue weighted by Gasteiger charge is 2.40. The number of hydrogen-bond donors (Lipinski definition) is 1. The number of imide groups is 1. The Hall–Kier alpha value is -3.57. The average molecular weight is 447 g/mol. The van der Waals surface area contributed by atoms with E-state index >= 15 is 0 Å². The molecule has 162 valence electrons. The fourth-order valence-corrected chi connectivity index (χ4v) is 3.72. The van der Waals surface area contributed by atoms with Crippen molar-refractivity contribution in [2.45, 2.75) is 19.8 Å². The normalized spacial score (nSPS) is 13.8. The molecule has 0 spiro atoms. The molecule has 0 unspecified atom stereocenters. The van der Waals surface area contributed by atoms with Crippen LogP contribution < -0.4 is 15.0 Å². The number of anilines is 2. The van der Waals surface area contributed by atoms with Crippen molar-refractivity contribution in [2.24, 2.45) is 0 Å². The van der Waals surface area contributed by atoms with Crippen molar-refractivity contribution >= 4 is 40.4 Å². The lowest BCUT2D eigenvalue weighted by atomic mass is 10.0. The molecule has 0 aromatic heterocycles. The van der Waals surface area contributed by atoms with Crippen molar-refractivity contribution in [3.05, 3.63) is 94.6 Å². The van der Waals surface area contributed by atoms with Crippen LogP contribution in [0.1, 0.15) is 30.9 Å². The van der Waals surface area contributed by atoms with Gasteiger partial charge in [0.25, 0.3) is 11.8 Å². The molecule has 0 fully saturated rings. The van der Waals surface area contributed by atoms with Crippen LogP contribution in [0.15, 0.2) is 78.5 Å². The third-order valence-corrected chi connectivity index (χ3v) is 5.65. The van der Waals surface area contributed by atoms with Gasteiger partial charge in [-0.05, 0) is 65.6 Å². The SMILES string of the molecule is COc1ccc(N2C(=O)C(Nc3ccc(C(C)C)cc3)=C(c3ccc(Cl)cc3)C2=O)cc1. The van der Waals surface area contributed by atoms with Crippen molar-refractivity contribution in [2.75, 3.05) is 17.3 Å². The summed E-state index contributed by atoms with van der Waals surface area (Å²) in [7, 11) is 1.56. The Morgan fingerprint density at radius 2 is 1.47 bits per heavy atom. The molecule has 6 heteroatoms. The number of amides is 2. The minimum Gasteiger partial charge on any atom is -0.497 e. The third-order valence-electron chi connectivity index (χ3n) is 5.39. The summed E-state index contributed by atoms with van der Waals surface area (Å²) in [5.41, 5.74) is 3.54. The highest BCUT2D eigenvalue weighted by Crippen LogP contribution is 2.35. The van der Waals surface area contributed by atoms with E-state index in [0.29, 0.717) is 33.5 Å². The maximum atomic E-state index is 13.4. The lowest BCUT2D eigenvalue weighted by Gasteiger charge is -2.16. The van der Waals surface area contributed by atoms with Crippen LogP contribution in [0.5, 0.6) is 5.75 Å². The Morgan fingerprint density at radius 3 is 2.03 bits per heavy atom. The first-order valence-corrected chi connectivity index (χ1v) is 10.7. The van der Waals surface area contributed by atoms with Crippen molar-refractivity contribution in [1.82, 2.24) is 0 Å². The topological polar surface area (TPSA) is 58.6 Å². The predicted molar refractivity (Wildman–Crippen MR) is 128 cm³/mol. The van der Waals surface area contributed by atoms with Crippen LogP contribution in [0, 0.1) is 0 Å². The average Bonchev–Trinajstić information content (AvgIpc) is 3.04. The summed E-state index contributed by atoms with van der Waals surface area (Å²) in [4.78, 5) is 28.0. The van der Waals surface area contributed by atoms with Gasteiger partial charge < -0.3 is 10.1 Å². The van der Waals surface area contributed by atoms with Gasteiger partial charge in [0.15, 0.2) is 0 Å². The van der Waals surface area contributed by atoms with Crippen LogP contribution >= 0.6 is 11.6 Å². The van der Waals surface area contributed by atoms with E-state index < -0.39 is 11.8 Å². The molecular formula is C26H23ClN2O3. The maximum Gasteiger partial charge on any atom is 0.282 e. The van der Waals surface area contributed by atoms with Crippen LogP contribution in [-0.4, -0.2) is 18.9 Å². The van der Waals surface area contributed by atoms with Crippen LogP contribution in [0.25, 0.3) is 5.57 Å². The molecule has 32 heavy (non-hydrogen) atoms. The van der Waals surface area contributed by atoms with Crippen LogP contribution in [-0.2, 0) is 9.59 Å². The van der Waals surface area contributed by atoms with Gasteiger partial charge in [-0.15, -0.1) is 0 Å². The minimum atomic E-state index is -0.418. The van der Waals surface area contributed by atoms with Crippen LogP contribution in [0.4, 0.5) is 11.4 Å².